The Labute approximate surface area is 87.0 Å². The summed E-state index contributed by atoms with van der Waals surface area (Å²) in [5.74, 6) is 0.0990. The highest BCUT2D eigenvalue weighted by atomic mass is 35.5. The lowest BCUT2D eigenvalue weighted by Gasteiger charge is -1.98. The summed E-state index contributed by atoms with van der Waals surface area (Å²) in [5.41, 5.74) is 0.846. The Morgan fingerprint density at radius 3 is 2.69 bits per heavy atom. The molecule has 1 rings (SSSR count). The standard InChI is InChI=1S/C10H11ClOS/c1-3-7(4-2)10(12)8-5-6-9(11)13-8/h3,5-6H,4H2,1-2H3/b7-3-. The second-order valence-corrected chi connectivity index (χ2v) is 4.32. The summed E-state index contributed by atoms with van der Waals surface area (Å²) in [5, 5.41) is 0. The van der Waals surface area contributed by atoms with Crippen LogP contribution in [0.4, 0.5) is 0 Å². The van der Waals surface area contributed by atoms with Gasteiger partial charge in [-0.1, -0.05) is 24.6 Å². The summed E-state index contributed by atoms with van der Waals surface area (Å²) in [6.45, 7) is 3.86. The molecule has 1 nitrogen and oxygen atoms in total. The summed E-state index contributed by atoms with van der Waals surface area (Å²) >= 11 is 7.07. The quantitative estimate of drug-likeness (QED) is 0.550. The van der Waals surface area contributed by atoms with Crippen LogP contribution in [0.5, 0.6) is 0 Å². The fourth-order valence-corrected chi connectivity index (χ4v) is 2.11. The number of ketones is 1. The molecule has 1 aromatic heterocycles. The predicted octanol–water partition coefficient (Wildman–Crippen LogP) is 3.94. The minimum Gasteiger partial charge on any atom is -0.288 e. The summed E-state index contributed by atoms with van der Waals surface area (Å²) in [6.07, 6.45) is 2.63. The Kier molecular flexibility index (Phi) is 3.70. The van der Waals surface area contributed by atoms with Crippen LogP contribution in [-0.2, 0) is 0 Å². The first kappa shape index (κ1) is 10.5. The van der Waals surface area contributed by atoms with Crippen LogP contribution in [0.1, 0.15) is 29.9 Å². The molecule has 1 heterocycles. The number of carbonyl (C=O) groups is 1. The smallest absolute Gasteiger partial charge is 0.198 e. The van der Waals surface area contributed by atoms with Crippen LogP contribution < -0.4 is 0 Å². The van der Waals surface area contributed by atoms with E-state index in [9.17, 15) is 4.79 Å². The van der Waals surface area contributed by atoms with E-state index in [-0.39, 0.29) is 5.78 Å². The largest absolute Gasteiger partial charge is 0.288 e. The summed E-state index contributed by atoms with van der Waals surface area (Å²) in [6, 6.07) is 3.52. The highest BCUT2D eigenvalue weighted by Crippen LogP contribution is 2.24. The molecule has 0 spiro atoms. The fourth-order valence-electron chi connectivity index (χ4n) is 1.09. The second-order valence-electron chi connectivity index (χ2n) is 2.60. The number of halogens is 1. The van der Waals surface area contributed by atoms with Crippen molar-refractivity contribution in [2.24, 2.45) is 0 Å². The topological polar surface area (TPSA) is 17.1 Å². The molecule has 0 saturated heterocycles. The van der Waals surface area contributed by atoms with E-state index in [4.69, 9.17) is 11.6 Å². The molecular weight excluding hydrogens is 204 g/mol. The van der Waals surface area contributed by atoms with Crippen molar-refractivity contribution in [3.05, 3.63) is 33.0 Å². The predicted molar refractivity (Wildman–Crippen MR) is 57.7 cm³/mol. The lowest BCUT2D eigenvalue weighted by Crippen LogP contribution is -1.99. The molecule has 0 amide bonds. The Hall–Kier alpha value is -0.600. The van der Waals surface area contributed by atoms with Crippen molar-refractivity contribution in [2.45, 2.75) is 20.3 Å². The second kappa shape index (κ2) is 4.58. The average Bonchev–Trinajstić information content (AvgIpc) is 2.54. The summed E-state index contributed by atoms with van der Waals surface area (Å²) in [4.78, 5) is 12.4. The van der Waals surface area contributed by atoms with Crippen molar-refractivity contribution in [1.29, 1.82) is 0 Å². The van der Waals surface area contributed by atoms with Gasteiger partial charge in [0, 0.05) is 0 Å². The molecule has 0 aliphatic rings. The third-order valence-electron chi connectivity index (χ3n) is 1.82. The van der Waals surface area contributed by atoms with Crippen LogP contribution in [0.2, 0.25) is 4.34 Å². The molecular formula is C10H11ClOS. The number of hydrogen-bond acceptors (Lipinski definition) is 2. The molecule has 0 bridgehead atoms. The van der Waals surface area contributed by atoms with Gasteiger partial charge in [-0.3, -0.25) is 4.79 Å². The van der Waals surface area contributed by atoms with Gasteiger partial charge in [0.1, 0.15) is 0 Å². The Morgan fingerprint density at radius 2 is 2.31 bits per heavy atom. The number of carbonyl (C=O) groups excluding carboxylic acids is 1. The van der Waals surface area contributed by atoms with E-state index in [0.29, 0.717) is 4.34 Å². The minimum atomic E-state index is 0.0990. The molecule has 0 fully saturated rings. The molecule has 0 saturated carbocycles. The molecule has 0 aromatic carbocycles. The van der Waals surface area contributed by atoms with Crippen molar-refractivity contribution in [3.63, 3.8) is 0 Å². The highest BCUT2D eigenvalue weighted by Gasteiger charge is 2.11. The van der Waals surface area contributed by atoms with Gasteiger partial charge in [-0.2, -0.15) is 0 Å². The maximum absolute atomic E-state index is 11.7. The van der Waals surface area contributed by atoms with E-state index in [1.54, 1.807) is 12.1 Å². The van der Waals surface area contributed by atoms with Crippen LogP contribution in [0, 0.1) is 0 Å². The van der Waals surface area contributed by atoms with Crippen molar-refractivity contribution in [1.82, 2.24) is 0 Å². The minimum absolute atomic E-state index is 0.0990. The van der Waals surface area contributed by atoms with Gasteiger partial charge in [-0.05, 0) is 31.1 Å². The van der Waals surface area contributed by atoms with Gasteiger partial charge in [-0.25, -0.2) is 0 Å². The van der Waals surface area contributed by atoms with Crippen LogP contribution in [0.25, 0.3) is 0 Å². The van der Waals surface area contributed by atoms with E-state index >= 15 is 0 Å². The molecule has 0 aliphatic carbocycles. The number of allylic oxidation sites excluding steroid dienone is 2. The molecule has 0 unspecified atom stereocenters. The first-order valence-electron chi connectivity index (χ1n) is 4.14. The maximum atomic E-state index is 11.7. The van der Waals surface area contributed by atoms with Gasteiger partial charge in [-0.15, -0.1) is 11.3 Å². The number of Topliss-reactive ketones (excluding diaryl/α,β-unsaturated/α-hetero) is 1. The molecule has 0 atom stereocenters. The van der Waals surface area contributed by atoms with Crippen LogP contribution in [0.15, 0.2) is 23.8 Å². The van der Waals surface area contributed by atoms with E-state index in [1.807, 2.05) is 19.9 Å². The maximum Gasteiger partial charge on any atom is 0.198 e. The molecule has 1 aromatic rings. The number of rotatable bonds is 3. The van der Waals surface area contributed by atoms with Gasteiger partial charge in [0.15, 0.2) is 5.78 Å². The fraction of sp³-hybridized carbons (Fsp3) is 0.300. The molecule has 0 aliphatic heterocycles. The Balaban J connectivity index is 2.91. The SMILES string of the molecule is C/C=C(/CC)C(=O)c1ccc(Cl)s1. The van der Waals surface area contributed by atoms with Crippen molar-refractivity contribution in [3.8, 4) is 0 Å². The van der Waals surface area contributed by atoms with Crippen molar-refractivity contribution < 1.29 is 4.79 Å². The summed E-state index contributed by atoms with van der Waals surface area (Å²) < 4.78 is 0.662. The number of thiophene rings is 1. The molecule has 70 valence electrons. The normalized spacial score (nSPS) is 11.8. The molecule has 3 heteroatoms. The highest BCUT2D eigenvalue weighted by molar-refractivity contribution is 7.18. The third kappa shape index (κ3) is 2.42. The van der Waals surface area contributed by atoms with Gasteiger partial charge in [0.05, 0.1) is 9.21 Å². The third-order valence-corrected chi connectivity index (χ3v) is 3.05. The monoisotopic (exact) mass is 214 g/mol. The van der Waals surface area contributed by atoms with Crippen molar-refractivity contribution >= 4 is 28.7 Å². The number of hydrogen-bond donors (Lipinski definition) is 0. The summed E-state index contributed by atoms with van der Waals surface area (Å²) in [7, 11) is 0. The van der Waals surface area contributed by atoms with Crippen molar-refractivity contribution in [2.75, 3.05) is 0 Å². The molecule has 0 radical (unpaired) electrons. The molecule has 13 heavy (non-hydrogen) atoms. The van der Waals surface area contributed by atoms with Crippen LogP contribution >= 0.6 is 22.9 Å². The van der Waals surface area contributed by atoms with Crippen LogP contribution in [0.3, 0.4) is 0 Å². The zero-order chi connectivity index (χ0) is 9.84. The van der Waals surface area contributed by atoms with Crippen LogP contribution in [-0.4, -0.2) is 5.78 Å². The average molecular weight is 215 g/mol. The van der Waals surface area contributed by atoms with E-state index in [1.165, 1.54) is 11.3 Å². The zero-order valence-electron chi connectivity index (χ0n) is 7.63. The van der Waals surface area contributed by atoms with E-state index in [0.717, 1.165) is 16.9 Å². The Morgan fingerprint density at radius 1 is 1.62 bits per heavy atom. The lowest BCUT2D eigenvalue weighted by molar-refractivity contribution is 0.103. The van der Waals surface area contributed by atoms with E-state index in [2.05, 4.69) is 0 Å². The van der Waals surface area contributed by atoms with Gasteiger partial charge in [0.2, 0.25) is 0 Å². The van der Waals surface area contributed by atoms with Gasteiger partial charge in [0.25, 0.3) is 0 Å². The zero-order valence-corrected chi connectivity index (χ0v) is 9.21. The van der Waals surface area contributed by atoms with E-state index < -0.39 is 0 Å². The molecule has 0 N–H and O–H groups in total. The van der Waals surface area contributed by atoms with Gasteiger partial charge >= 0.3 is 0 Å². The first-order valence-corrected chi connectivity index (χ1v) is 5.33. The first-order chi connectivity index (χ1) is 6.19. The van der Waals surface area contributed by atoms with Gasteiger partial charge < -0.3 is 0 Å². The Bertz CT molecular complexity index is 338. The lowest BCUT2D eigenvalue weighted by atomic mass is 10.1.